The fourth-order valence-corrected chi connectivity index (χ4v) is 0.583. The molecule has 1 nitrogen and oxygen atoms in total. The summed E-state index contributed by atoms with van der Waals surface area (Å²) in [5.41, 5.74) is 7.17. The van der Waals surface area contributed by atoms with E-state index >= 15 is 0 Å². The minimum Gasteiger partial charge on any atom is -0.255 e. The van der Waals surface area contributed by atoms with Crippen molar-refractivity contribution in [1.82, 2.24) is 5.73 Å². The highest BCUT2D eigenvalue weighted by molar-refractivity contribution is 4.53. The van der Waals surface area contributed by atoms with Crippen molar-refractivity contribution in [2.45, 2.75) is 39.7 Å². The molecule has 0 aliphatic heterocycles. The van der Waals surface area contributed by atoms with Gasteiger partial charge in [-0.3, -0.25) is 5.73 Å². The Bertz CT molecular complexity index is 40.3. The summed E-state index contributed by atoms with van der Waals surface area (Å²) in [6, 6.07) is 0.136. The number of nitrogens with one attached hydrogen (secondary N) is 1. The maximum atomic E-state index is 7.17. The summed E-state index contributed by atoms with van der Waals surface area (Å²) in [6.07, 6.45) is 2.25. The lowest BCUT2D eigenvalue weighted by Gasteiger charge is -2.04. The zero-order valence-electron chi connectivity index (χ0n) is 6.07. The van der Waals surface area contributed by atoms with Crippen molar-refractivity contribution in [1.29, 1.82) is 0 Å². The topological polar surface area (TPSA) is 23.8 Å². The summed E-state index contributed by atoms with van der Waals surface area (Å²) >= 11 is 0. The molecule has 0 aromatic heterocycles. The van der Waals surface area contributed by atoms with Crippen LogP contribution in [0.1, 0.15) is 33.6 Å². The van der Waals surface area contributed by atoms with Crippen molar-refractivity contribution in [3.8, 4) is 0 Å². The zero-order chi connectivity index (χ0) is 6.57. The third kappa shape index (κ3) is 5.96. The van der Waals surface area contributed by atoms with E-state index in [1.165, 1.54) is 6.42 Å². The van der Waals surface area contributed by atoms with Crippen LogP contribution in [0.2, 0.25) is 0 Å². The highest BCUT2D eigenvalue weighted by Crippen LogP contribution is 2.04. The second-order valence-electron chi connectivity index (χ2n) is 2.87. The van der Waals surface area contributed by atoms with Gasteiger partial charge in [-0.2, -0.15) is 0 Å². The fourth-order valence-electron chi connectivity index (χ4n) is 0.583. The van der Waals surface area contributed by atoms with E-state index in [9.17, 15) is 0 Å². The molecule has 8 heavy (non-hydrogen) atoms. The van der Waals surface area contributed by atoms with Gasteiger partial charge in [-0.1, -0.05) is 13.8 Å². The van der Waals surface area contributed by atoms with Crippen LogP contribution in [0.3, 0.4) is 0 Å². The van der Waals surface area contributed by atoms with Gasteiger partial charge in [0.2, 0.25) is 0 Å². The van der Waals surface area contributed by atoms with Crippen LogP contribution < -0.4 is 5.73 Å². The lowest BCUT2D eigenvalue weighted by atomic mass is 10.1. The molecule has 0 saturated carbocycles. The Morgan fingerprint density at radius 2 is 1.62 bits per heavy atom. The van der Waals surface area contributed by atoms with E-state index in [0.717, 1.165) is 12.3 Å². The number of hydrogen-bond donors (Lipinski definition) is 0. The summed E-state index contributed by atoms with van der Waals surface area (Å²) in [6.45, 7) is 6.34. The first-order chi connectivity index (χ1) is 3.63. The third-order valence-corrected chi connectivity index (χ3v) is 1.18. The molecule has 0 aliphatic carbocycles. The van der Waals surface area contributed by atoms with E-state index in [1.54, 1.807) is 0 Å². The summed E-state index contributed by atoms with van der Waals surface area (Å²) in [4.78, 5) is 0. The van der Waals surface area contributed by atoms with Gasteiger partial charge < -0.3 is 0 Å². The second-order valence-corrected chi connectivity index (χ2v) is 2.87. The SMILES string of the molecule is CC(C)CCC(C)[NH]. The van der Waals surface area contributed by atoms with Gasteiger partial charge in [-0.05, 0) is 25.7 Å². The lowest BCUT2D eigenvalue weighted by molar-refractivity contribution is 0.508. The van der Waals surface area contributed by atoms with Crippen molar-refractivity contribution in [3.63, 3.8) is 0 Å². The molecule has 1 radical (unpaired) electrons. The Balaban J connectivity index is 2.93. The number of rotatable bonds is 3. The molecule has 1 heteroatoms. The van der Waals surface area contributed by atoms with E-state index in [1.807, 2.05) is 6.92 Å². The maximum Gasteiger partial charge on any atom is 0.0184 e. The normalized spacial score (nSPS) is 14.6. The monoisotopic (exact) mass is 114 g/mol. The van der Waals surface area contributed by atoms with Crippen LogP contribution >= 0.6 is 0 Å². The first kappa shape index (κ1) is 7.96. The van der Waals surface area contributed by atoms with Gasteiger partial charge in [-0.25, -0.2) is 0 Å². The Hall–Kier alpha value is -0.0400. The van der Waals surface area contributed by atoms with Crippen molar-refractivity contribution >= 4 is 0 Å². The molecule has 1 N–H and O–H groups in total. The second kappa shape index (κ2) is 3.90. The predicted molar refractivity (Wildman–Crippen MR) is 36.6 cm³/mol. The molecule has 0 saturated heterocycles. The van der Waals surface area contributed by atoms with E-state index in [4.69, 9.17) is 5.73 Å². The summed E-state index contributed by atoms with van der Waals surface area (Å²) in [7, 11) is 0. The molecule has 0 aromatic carbocycles. The van der Waals surface area contributed by atoms with E-state index < -0.39 is 0 Å². The average molecular weight is 114 g/mol. The van der Waals surface area contributed by atoms with Crippen LogP contribution in [0.15, 0.2) is 0 Å². The van der Waals surface area contributed by atoms with Crippen molar-refractivity contribution < 1.29 is 0 Å². The molecule has 0 spiro atoms. The van der Waals surface area contributed by atoms with Crippen LogP contribution in [0, 0.1) is 5.92 Å². The molecule has 0 bridgehead atoms. The lowest BCUT2D eigenvalue weighted by Crippen LogP contribution is -2.03. The van der Waals surface area contributed by atoms with Gasteiger partial charge in [0.25, 0.3) is 0 Å². The highest BCUT2D eigenvalue weighted by Gasteiger charge is 1.96. The van der Waals surface area contributed by atoms with E-state index in [-0.39, 0.29) is 6.04 Å². The van der Waals surface area contributed by atoms with Gasteiger partial charge in [0, 0.05) is 6.04 Å². The molecular formula is C7H16N. The van der Waals surface area contributed by atoms with Crippen LogP contribution in [-0.2, 0) is 0 Å². The van der Waals surface area contributed by atoms with Gasteiger partial charge in [0.15, 0.2) is 0 Å². The first-order valence-electron chi connectivity index (χ1n) is 3.34. The Kier molecular flexibility index (Phi) is 3.88. The van der Waals surface area contributed by atoms with E-state index in [0.29, 0.717) is 0 Å². The largest absolute Gasteiger partial charge is 0.255 e. The van der Waals surface area contributed by atoms with Gasteiger partial charge in [0.05, 0.1) is 0 Å². The molecule has 0 amide bonds. The predicted octanol–water partition coefficient (Wildman–Crippen LogP) is 2.09. The van der Waals surface area contributed by atoms with Crippen LogP contribution in [-0.4, -0.2) is 6.04 Å². The molecule has 49 valence electrons. The fraction of sp³-hybridized carbons (Fsp3) is 1.00. The van der Waals surface area contributed by atoms with E-state index in [2.05, 4.69) is 13.8 Å². The third-order valence-electron chi connectivity index (χ3n) is 1.18. The minimum absolute atomic E-state index is 0.136. The summed E-state index contributed by atoms with van der Waals surface area (Å²) < 4.78 is 0. The van der Waals surface area contributed by atoms with Crippen molar-refractivity contribution in [2.75, 3.05) is 0 Å². The molecule has 1 unspecified atom stereocenters. The van der Waals surface area contributed by atoms with Crippen molar-refractivity contribution in [2.24, 2.45) is 5.92 Å². The minimum atomic E-state index is 0.136. The standard InChI is InChI=1S/C7H16N/c1-6(2)4-5-7(3)8/h6-8H,4-5H2,1-3H3. The molecule has 0 heterocycles. The maximum absolute atomic E-state index is 7.17. The summed E-state index contributed by atoms with van der Waals surface area (Å²) in [5.74, 6) is 0.766. The van der Waals surface area contributed by atoms with Gasteiger partial charge >= 0.3 is 0 Å². The van der Waals surface area contributed by atoms with Crippen LogP contribution in [0.4, 0.5) is 0 Å². The molecule has 0 fully saturated rings. The average Bonchev–Trinajstić information content (AvgIpc) is 1.61. The zero-order valence-corrected chi connectivity index (χ0v) is 6.07. The quantitative estimate of drug-likeness (QED) is 0.536. The van der Waals surface area contributed by atoms with Crippen LogP contribution in [0.25, 0.3) is 0 Å². The highest BCUT2D eigenvalue weighted by atomic mass is 14.6. The molecular weight excluding hydrogens is 98.1 g/mol. The number of hydrogen-bond acceptors (Lipinski definition) is 0. The molecule has 0 rings (SSSR count). The first-order valence-corrected chi connectivity index (χ1v) is 3.34. The van der Waals surface area contributed by atoms with Crippen molar-refractivity contribution in [3.05, 3.63) is 0 Å². The van der Waals surface area contributed by atoms with Gasteiger partial charge in [-0.15, -0.1) is 0 Å². The van der Waals surface area contributed by atoms with Gasteiger partial charge in [0.1, 0.15) is 0 Å². The Morgan fingerprint density at radius 1 is 1.12 bits per heavy atom. The Morgan fingerprint density at radius 3 is 1.75 bits per heavy atom. The summed E-state index contributed by atoms with van der Waals surface area (Å²) in [5, 5.41) is 0. The molecule has 0 aliphatic rings. The Labute approximate surface area is 52.3 Å². The van der Waals surface area contributed by atoms with Crippen LogP contribution in [0.5, 0.6) is 0 Å². The smallest absolute Gasteiger partial charge is 0.0184 e. The molecule has 1 atom stereocenters. The molecule has 0 aromatic rings.